The summed E-state index contributed by atoms with van der Waals surface area (Å²) in [6.07, 6.45) is 18.3. The monoisotopic (exact) mass is 358 g/mol. The van der Waals surface area contributed by atoms with Crippen molar-refractivity contribution in [2.45, 2.75) is 90.4 Å². The number of hydrogen-bond acceptors (Lipinski definition) is 0. The highest BCUT2D eigenvalue weighted by Gasteiger charge is 2.19. The molecule has 0 radical (unpaired) electrons. The van der Waals surface area contributed by atoms with Crippen LogP contribution in [0.25, 0.3) is 0 Å². The molecule has 0 aliphatic heterocycles. The number of rotatable bonds is 9. The minimum absolute atomic E-state index is 0.602. The highest BCUT2D eigenvalue weighted by atomic mass is 35.5. The minimum atomic E-state index is 0.602. The fourth-order valence-electron chi connectivity index (χ4n) is 3.88. The molecule has 1 fully saturated rings. The largest absolute Gasteiger partial charge is 0.0945 e. The third-order valence-electron chi connectivity index (χ3n) is 5.58. The molecule has 1 aromatic rings. The van der Waals surface area contributed by atoms with Crippen molar-refractivity contribution in [1.82, 2.24) is 0 Å². The lowest BCUT2D eigenvalue weighted by molar-refractivity contribution is 0.293. The summed E-state index contributed by atoms with van der Waals surface area (Å²) in [7, 11) is 0. The average Bonchev–Trinajstić information content (AvgIpc) is 2.64. The highest BCUT2D eigenvalue weighted by molar-refractivity contribution is 6.30. The van der Waals surface area contributed by atoms with Gasteiger partial charge in [-0.05, 0) is 55.9 Å². The van der Waals surface area contributed by atoms with Crippen LogP contribution in [0.3, 0.4) is 0 Å². The minimum Gasteiger partial charge on any atom is -0.0945 e. The molecule has 0 aromatic heterocycles. The maximum atomic E-state index is 5.92. The molecular formula is C24H35Cl. The molecule has 2 rings (SSSR count). The van der Waals surface area contributed by atoms with Crippen molar-refractivity contribution in [2.75, 3.05) is 0 Å². The molecule has 0 bridgehead atoms. The second-order valence-electron chi connectivity index (χ2n) is 7.76. The molecule has 0 nitrogen and oxygen atoms in total. The fourth-order valence-corrected chi connectivity index (χ4v) is 4.01. The Bertz CT molecular complexity index is 511. The first-order valence-electron chi connectivity index (χ1n) is 10.5. The topological polar surface area (TPSA) is 0 Å². The van der Waals surface area contributed by atoms with Gasteiger partial charge in [0.2, 0.25) is 0 Å². The van der Waals surface area contributed by atoms with Crippen molar-refractivity contribution in [3.63, 3.8) is 0 Å². The van der Waals surface area contributed by atoms with E-state index in [2.05, 4.69) is 18.8 Å². The Morgan fingerprint density at radius 2 is 1.44 bits per heavy atom. The molecule has 1 aliphatic rings. The molecule has 0 atom stereocenters. The van der Waals surface area contributed by atoms with Gasteiger partial charge in [0.15, 0.2) is 0 Å². The molecule has 1 aliphatic carbocycles. The van der Waals surface area contributed by atoms with E-state index in [4.69, 9.17) is 11.6 Å². The normalized spacial score (nSPS) is 20.1. The van der Waals surface area contributed by atoms with E-state index < -0.39 is 0 Å². The molecule has 25 heavy (non-hydrogen) atoms. The summed E-state index contributed by atoms with van der Waals surface area (Å²) in [5, 5.41) is 0.784. The van der Waals surface area contributed by atoms with Gasteiger partial charge < -0.3 is 0 Å². The van der Waals surface area contributed by atoms with Gasteiger partial charge in [-0.2, -0.15) is 0 Å². The maximum absolute atomic E-state index is 5.92. The number of unbranched alkanes of at least 4 members (excludes halogenated alkanes) is 7. The van der Waals surface area contributed by atoms with Crippen LogP contribution in [-0.4, -0.2) is 0 Å². The van der Waals surface area contributed by atoms with Crippen molar-refractivity contribution in [1.29, 1.82) is 0 Å². The number of hydrogen-bond donors (Lipinski definition) is 0. The van der Waals surface area contributed by atoms with E-state index in [0.29, 0.717) is 5.92 Å². The summed E-state index contributed by atoms with van der Waals surface area (Å²) in [6.45, 7) is 2.29. The van der Waals surface area contributed by atoms with Crippen LogP contribution < -0.4 is 0 Å². The first kappa shape index (κ1) is 20.4. The molecule has 0 spiro atoms. The highest BCUT2D eigenvalue weighted by Crippen LogP contribution is 2.31. The van der Waals surface area contributed by atoms with Gasteiger partial charge >= 0.3 is 0 Å². The summed E-state index contributed by atoms with van der Waals surface area (Å²) in [5.74, 6) is 8.38. The lowest BCUT2D eigenvalue weighted by Crippen LogP contribution is -2.13. The smallest absolute Gasteiger partial charge is 0.0406 e. The van der Waals surface area contributed by atoms with Gasteiger partial charge in [-0.25, -0.2) is 0 Å². The summed E-state index contributed by atoms with van der Waals surface area (Å²) in [6, 6.07) is 7.88. The van der Waals surface area contributed by atoms with Crippen LogP contribution in [0.1, 0.15) is 96.0 Å². The molecule has 0 N–H and O–H groups in total. The van der Waals surface area contributed by atoms with E-state index in [1.165, 1.54) is 83.5 Å². The van der Waals surface area contributed by atoms with E-state index in [9.17, 15) is 0 Å². The molecule has 0 saturated heterocycles. The zero-order valence-electron chi connectivity index (χ0n) is 16.0. The first-order chi connectivity index (χ1) is 12.3. The molecule has 1 heteroatoms. The Kier molecular flexibility index (Phi) is 10.1. The van der Waals surface area contributed by atoms with Gasteiger partial charge in [-0.3, -0.25) is 0 Å². The van der Waals surface area contributed by atoms with Crippen LogP contribution in [0, 0.1) is 23.7 Å². The predicted octanol–water partition coefficient (Wildman–Crippen LogP) is 8.03. The van der Waals surface area contributed by atoms with E-state index in [1.54, 1.807) is 0 Å². The van der Waals surface area contributed by atoms with Crippen LogP contribution in [0.2, 0.25) is 5.02 Å². The van der Waals surface area contributed by atoms with Crippen LogP contribution in [0.5, 0.6) is 0 Å². The SMILES string of the molecule is CCCCCCCCCC[C@H]1CC[C@H](C#Cc2ccc(Cl)cc2)CC1. The molecule has 1 aromatic carbocycles. The summed E-state index contributed by atoms with van der Waals surface area (Å²) < 4.78 is 0. The second-order valence-corrected chi connectivity index (χ2v) is 8.19. The van der Waals surface area contributed by atoms with Gasteiger partial charge in [-0.1, -0.05) is 88.2 Å². The molecule has 0 amide bonds. The van der Waals surface area contributed by atoms with Crippen LogP contribution >= 0.6 is 11.6 Å². The van der Waals surface area contributed by atoms with E-state index >= 15 is 0 Å². The first-order valence-corrected chi connectivity index (χ1v) is 10.9. The Labute approximate surface area is 160 Å². The van der Waals surface area contributed by atoms with Crippen molar-refractivity contribution >= 4 is 11.6 Å². The van der Waals surface area contributed by atoms with Crippen molar-refractivity contribution in [2.24, 2.45) is 11.8 Å². The third-order valence-corrected chi connectivity index (χ3v) is 5.83. The zero-order valence-corrected chi connectivity index (χ0v) is 16.8. The van der Waals surface area contributed by atoms with Crippen molar-refractivity contribution < 1.29 is 0 Å². The van der Waals surface area contributed by atoms with Gasteiger partial charge in [-0.15, -0.1) is 0 Å². The van der Waals surface area contributed by atoms with E-state index in [-0.39, 0.29) is 0 Å². The molecule has 0 unspecified atom stereocenters. The van der Waals surface area contributed by atoms with Crippen LogP contribution in [0.15, 0.2) is 24.3 Å². The summed E-state index contributed by atoms with van der Waals surface area (Å²) >= 11 is 5.92. The van der Waals surface area contributed by atoms with Crippen molar-refractivity contribution in [3.8, 4) is 11.8 Å². The number of benzene rings is 1. The van der Waals surface area contributed by atoms with Crippen molar-refractivity contribution in [3.05, 3.63) is 34.9 Å². The van der Waals surface area contributed by atoms with E-state index in [0.717, 1.165) is 16.5 Å². The molecule has 0 heterocycles. The Balaban J connectivity index is 1.54. The Morgan fingerprint density at radius 3 is 2.08 bits per heavy atom. The second kappa shape index (κ2) is 12.4. The lowest BCUT2D eigenvalue weighted by atomic mass is 9.80. The quantitative estimate of drug-likeness (QED) is 0.309. The van der Waals surface area contributed by atoms with E-state index in [1.807, 2.05) is 24.3 Å². The maximum Gasteiger partial charge on any atom is 0.0406 e. The standard InChI is InChI=1S/C24H35Cl/c1-2-3-4-5-6-7-8-9-10-21-11-13-22(14-12-21)15-16-23-17-19-24(25)20-18-23/h17-22H,2-14H2,1H3/t21-,22-. The molecular weight excluding hydrogens is 324 g/mol. The molecule has 1 saturated carbocycles. The van der Waals surface area contributed by atoms with Gasteiger partial charge in [0.1, 0.15) is 0 Å². The van der Waals surface area contributed by atoms with Crippen LogP contribution in [-0.2, 0) is 0 Å². The summed E-state index contributed by atoms with van der Waals surface area (Å²) in [4.78, 5) is 0. The number of halogens is 1. The lowest BCUT2D eigenvalue weighted by Gasteiger charge is -2.25. The predicted molar refractivity (Wildman–Crippen MR) is 111 cm³/mol. The van der Waals surface area contributed by atoms with Gasteiger partial charge in [0.05, 0.1) is 0 Å². The molecule has 138 valence electrons. The fraction of sp³-hybridized carbons (Fsp3) is 0.667. The zero-order chi connectivity index (χ0) is 17.7. The Morgan fingerprint density at radius 1 is 0.840 bits per heavy atom. The summed E-state index contributed by atoms with van der Waals surface area (Å²) in [5.41, 5.74) is 1.09. The average molecular weight is 359 g/mol. The third kappa shape index (κ3) is 8.82. The van der Waals surface area contributed by atoms with Gasteiger partial charge in [0, 0.05) is 16.5 Å². The Hall–Kier alpha value is -0.930. The van der Waals surface area contributed by atoms with Gasteiger partial charge in [0.25, 0.3) is 0 Å². The van der Waals surface area contributed by atoms with Crippen LogP contribution in [0.4, 0.5) is 0 Å².